The van der Waals surface area contributed by atoms with Crippen molar-refractivity contribution in [1.29, 1.82) is 0 Å². The topological polar surface area (TPSA) is 42.4 Å². The Hall–Kier alpha value is -2.40. The van der Waals surface area contributed by atoms with Crippen molar-refractivity contribution in [2.24, 2.45) is 0 Å². The molecule has 0 spiro atoms. The Morgan fingerprint density at radius 2 is 2.17 bits per heavy atom. The number of thiophene rings is 1. The second-order valence-electron chi connectivity index (χ2n) is 5.90. The van der Waals surface area contributed by atoms with Gasteiger partial charge >= 0.3 is 6.09 Å². The number of fused-ring (bicyclic) bond motifs is 2. The fourth-order valence-corrected chi connectivity index (χ4v) is 3.70. The first-order chi connectivity index (χ1) is 11.1. The summed E-state index contributed by atoms with van der Waals surface area (Å²) >= 11 is 1.64. The van der Waals surface area contributed by atoms with Gasteiger partial charge in [0.25, 0.3) is 0 Å². The molecule has 2 aromatic heterocycles. The number of aromatic nitrogens is 1. The first-order valence-electron chi connectivity index (χ1n) is 7.50. The molecule has 0 saturated heterocycles. The summed E-state index contributed by atoms with van der Waals surface area (Å²) in [6.07, 6.45) is -0.331. The summed E-state index contributed by atoms with van der Waals surface area (Å²) < 4.78 is 5.46. The highest BCUT2D eigenvalue weighted by Crippen LogP contribution is 2.30. The molecule has 0 radical (unpaired) electrons. The molecule has 4 rings (SSSR count). The van der Waals surface area contributed by atoms with Crippen LogP contribution in [0.5, 0.6) is 5.88 Å². The first-order valence-corrected chi connectivity index (χ1v) is 8.38. The van der Waals surface area contributed by atoms with Gasteiger partial charge in [-0.15, -0.1) is 11.3 Å². The number of amides is 1. The van der Waals surface area contributed by atoms with Gasteiger partial charge in [-0.25, -0.2) is 9.78 Å². The zero-order valence-electron chi connectivity index (χ0n) is 13.0. The van der Waals surface area contributed by atoms with Gasteiger partial charge in [0, 0.05) is 15.8 Å². The molecule has 23 heavy (non-hydrogen) atoms. The van der Waals surface area contributed by atoms with Crippen molar-refractivity contribution in [3.63, 3.8) is 0 Å². The molecule has 0 saturated carbocycles. The summed E-state index contributed by atoms with van der Waals surface area (Å²) in [5.74, 6) is 0.440. The van der Waals surface area contributed by atoms with Gasteiger partial charge < -0.3 is 4.74 Å². The maximum absolute atomic E-state index is 12.2. The number of carbonyl (C=O) groups excluding carboxylic acids is 1. The third-order valence-corrected chi connectivity index (χ3v) is 4.92. The molecule has 3 aromatic rings. The molecule has 3 heterocycles. The Labute approximate surface area is 138 Å². The number of benzene rings is 1. The molecule has 0 N–H and O–H groups in total. The molecule has 5 heteroatoms. The minimum Gasteiger partial charge on any atom is -0.391 e. The van der Waals surface area contributed by atoms with Crippen molar-refractivity contribution >= 4 is 28.3 Å². The summed E-state index contributed by atoms with van der Waals surface area (Å²) in [5.41, 5.74) is 4.18. The molecular weight excluding hydrogens is 308 g/mol. The smallest absolute Gasteiger partial charge is 0.391 e. The van der Waals surface area contributed by atoms with Crippen molar-refractivity contribution in [1.82, 2.24) is 9.88 Å². The van der Waals surface area contributed by atoms with Crippen LogP contribution < -0.4 is 4.74 Å². The number of hydrogen-bond acceptors (Lipinski definition) is 4. The maximum Gasteiger partial charge on any atom is 0.417 e. The van der Waals surface area contributed by atoms with E-state index in [2.05, 4.69) is 24.0 Å². The predicted molar refractivity (Wildman–Crippen MR) is 90.8 cm³/mol. The van der Waals surface area contributed by atoms with Crippen LogP contribution >= 0.6 is 11.3 Å². The molecule has 0 unspecified atom stereocenters. The van der Waals surface area contributed by atoms with E-state index in [0.29, 0.717) is 19.0 Å². The number of rotatable bonds is 2. The lowest BCUT2D eigenvalue weighted by atomic mass is 10.0. The summed E-state index contributed by atoms with van der Waals surface area (Å²) in [6, 6.07) is 10.3. The maximum atomic E-state index is 12.2. The zero-order valence-corrected chi connectivity index (χ0v) is 13.8. The minimum atomic E-state index is -0.331. The van der Waals surface area contributed by atoms with Gasteiger partial charge in [0.05, 0.1) is 18.6 Å². The first kappa shape index (κ1) is 14.2. The Kier molecular flexibility index (Phi) is 3.31. The summed E-state index contributed by atoms with van der Waals surface area (Å²) in [7, 11) is 0. The van der Waals surface area contributed by atoms with Crippen LogP contribution in [0, 0.1) is 13.8 Å². The van der Waals surface area contributed by atoms with Crippen molar-refractivity contribution in [2.75, 3.05) is 0 Å². The van der Waals surface area contributed by atoms with Gasteiger partial charge in [-0.1, -0.05) is 12.1 Å². The normalized spacial score (nSPS) is 14.0. The molecule has 0 aliphatic carbocycles. The summed E-state index contributed by atoms with van der Waals surface area (Å²) in [5, 5.41) is 3.13. The van der Waals surface area contributed by atoms with Gasteiger partial charge in [0.15, 0.2) is 0 Å². The summed E-state index contributed by atoms with van der Waals surface area (Å²) in [4.78, 5) is 19.6. The standard InChI is InChI=1S/C18H16N2O2S/c1-11-6-12(2)15-8-13-9-20(10-14-4-3-5-23-14)18(21)22-17(13)19-16(15)7-11/h3-8H,9-10H2,1-2H3. The number of ether oxygens (including phenoxy) is 1. The van der Waals surface area contributed by atoms with Crippen LogP contribution in [-0.4, -0.2) is 16.0 Å². The van der Waals surface area contributed by atoms with Crippen LogP contribution in [0.15, 0.2) is 35.7 Å². The lowest BCUT2D eigenvalue weighted by Gasteiger charge is -2.27. The van der Waals surface area contributed by atoms with Crippen LogP contribution in [-0.2, 0) is 13.1 Å². The monoisotopic (exact) mass is 324 g/mol. The largest absolute Gasteiger partial charge is 0.417 e. The van der Waals surface area contributed by atoms with Gasteiger partial charge in [0.1, 0.15) is 0 Å². The number of pyridine rings is 1. The Morgan fingerprint density at radius 3 is 2.96 bits per heavy atom. The summed E-state index contributed by atoms with van der Waals surface area (Å²) in [6.45, 7) is 5.23. The quantitative estimate of drug-likeness (QED) is 0.700. The lowest BCUT2D eigenvalue weighted by Crippen LogP contribution is -2.36. The van der Waals surface area contributed by atoms with Crippen LogP contribution in [0.4, 0.5) is 4.79 Å². The van der Waals surface area contributed by atoms with E-state index in [4.69, 9.17) is 4.74 Å². The lowest BCUT2D eigenvalue weighted by molar-refractivity contribution is 0.133. The molecule has 0 fully saturated rings. The highest BCUT2D eigenvalue weighted by molar-refractivity contribution is 7.09. The second kappa shape index (κ2) is 5.35. The Bertz CT molecular complexity index is 903. The van der Waals surface area contributed by atoms with Crippen LogP contribution in [0.2, 0.25) is 0 Å². The highest BCUT2D eigenvalue weighted by Gasteiger charge is 2.27. The third-order valence-electron chi connectivity index (χ3n) is 4.05. The van der Waals surface area contributed by atoms with Crippen LogP contribution in [0.1, 0.15) is 21.6 Å². The highest BCUT2D eigenvalue weighted by atomic mass is 32.1. The predicted octanol–water partition coefficient (Wildman–Crippen LogP) is 4.43. The zero-order chi connectivity index (χ0) is 16.0. The number of carbonyl (C=O) groups is 1. The van der Waals surface area contributed by atoms with Gasteiger partial charge in [0.2, 0.25) is 5.88 Å². The van der Waals surface area contributed by atoms with Gasteiger partial charge in [-0.3, -0.25) is 4.90 Å². The van der Waals surface area contributed by atoms with E-state index in [1.54, 1.807) is 16.2 Å². The SMILES string of the molecule is Cc1cc(C)c2cc3c(nc2c1)OC(=O)N(Cc1cccs1)C3. The molecule has 1 aliphatic heterocycles. The van der Waals surface area contributed by atoms with E-state index in [9.17, 15) is 4.79 Å². The average molecular weight is 324 g/mol. The van der Waals surface area contributed by atoms with Crippen molar-refractivity contribution in [3.05, 3.63) is 57.3 Å². The van der Waals surface area contributed by atoms with E-state index in [0.717, 1.165) is 26.9 Å². The van der Waals surface area contributed by atoms with E-state index >= 15 is 0 Å². The molecule has 1 aliphatic rings. The molecule has 116 valence electrons. The Balaban J connectivity index is 1.73. The average Bonchev–Trinajstić information content (AvgIpc) is 3.00. The molecular formula is C18H16N2O2S. The number of hydrogen-bond donors (Lipinski definition) is 0. The van der Waals surface area contributed by atoms with Crippen LogP contribution in [0.25, 0.3) is 10.9 Å². The second-order valence-corrected chi connectivity index (χ2v) is 6.94. The van der Waals surface area contributed by atoms with Crippen molar-refractivity contribution in [3.8, 4) is 5.88 Å². The number of aryl methyl sites for hydroxylation is 2. The fraction of sp³-hybridized carbons (Fsp3) is 0.222. The third kappa shape index (κ3) is 2.57. The van der Waals surface area contributed by atoms with E-state index in [-0.39, 0.29) is 6.09 Å². The Morgan fingerprint density at radius 1 is 1.30 bits per heavy atom. The van der Waals surface area contributed by atoms with E-state index in [1.807, 2.05) is 30.5 Å². The van der Waals surface area contributed by atoms with Crippen LogP contribution in [0.3, 0.4) is 0 Å². The van der Waals surface area contributed by atoms with Gasteiger partial charge in [-0.2, -0.15) is 0 Å². The van der Waals surface area contributed by atoms with E-state index in [1.165, 1.54) is 5.56 Å². The molecule has 1 aromatic carbocycles. The van der Waals surface area contributed by atoms with Crippen molar-refractivity contribution in [2.45, 2.75) is 26.9 Å². The minimum absolute atomic E-state index is 0.331. The molecule has 4 nitrogen and oxygen atoms in total. The molecule has 0 bridgehead atoms. The van der Waals surface area contributed by atoms with E-state index < -0.39 is 0 Å². The van der Waals surface area contributed by atoms with Gasteiger partial charge in [-0.05, 0) is 48.6 Å². The fourth-order valence-electron chi connectivity index (χ4n) is 2.98. The van der Waals surface area contributed by atoms with Crippen molar-refractivity contribution < 1.29 is 9.53 Å². The number of nitrogens with zero attached hydrogens (tertiary/aromatic N) is 2. The molecule has 1 amide bonds. The molecule has 0 atom stereocenters.